The number of carbonyl (C=O) groups is 3. The zero-order valence-electron chi connectivity index (χ0n) is 20.5. The average Bonchev–Trinajstić information content (AvgIpc) is 3.24. The lowest BCUT2D eigenvalue weighted by atomic mass is 9.78. The van der Waals surface area contributed by atoms with Gasteiger partial charge in [-0.25, -0.2) is 9.48 Å². The van der Waals surface area contributed by atoms with E-state index in [1.54, 1.807) is 56.4 Å². The minimum atomic E-state index is -0.933. The van der Waals surface area contributed by atoms with Gasteiger partial charge in [0.2, 0.25) is 5.91 Å². The first-order valence-corrected chi connectivity index (χ1v) is 12.4. The normalized spacial score (nSPS) is 18.0. The Balaban J connectivity index is 1.43. The minimum absolute atomic E-state index is 0.294. The van der Waals surface area contributed by atoms with Crippen molar-refractivity contribution in [3.05, 3.63) is 59.1 Å². The van der Waals surface area contributed by atoms with Gasteiger partial charge in [0.1, 0.15) is 11.8 Å². The Morgan fingerprint density at radius 1 is 1.05 bits per heavy atom. The van der Waals surface area contributed by atoms with Crippen molar-refractivity contribution in [3.63, 3.8) is 0 Å². The molecule has 3 N–H and O–H groups in total. The number of aliphatic carboxylic acids is 1. The molecular weight excluding hydrogens is 498 g/mol. The number of ether oxygens (including phenoxy) is 1. The molecule has 0 radical (unpaired) electrons. The van der Waals surface area contributed by atoms with Crippen LogP contribution < -0.4 is 10.6 Å². The zero-order valence-corrected chi connectivity index (χ0v) is 21.2. The maximum atomic E-state index is 12.8. The molecule has 1 saturated carbocycles. The van der Waals surface area contributed by atoms with Crippen LogP contribution >= 0.6 is 11.6 Å². The van der Waals surface area contributed by atoms with Crippen LogP contribution in [0.5, 0.6) is 0 Å². The summed E-state index contributed by atoms with van der Waals surface area (Å²) in [6.07, 6.45) is 1.45. The fraction of sp³-hybridized carbons (Fsp3) is 0.346. The van der Waals surface area contributed by atoms with E-state index in [1.807, 2.05) is 6.07 Å². The second kappa shape index (κ2) is 11.4. The van der Waals surface area contributed by atoms with Crippen LogP contribution in [0.3, 0.4) is 0 Å². The van der Waals surface area contributed by atoms with Gasteiger partial charge in [0, 0.05) is 28.9 Å². The van der Waals surface area contributed by atoms with Gasteiger partial charge in [-0.3, -0.25) is 14.9 Å². The van der Waals surface area contributed by atoms with E-state index >= 15 is 0 Å². The molecule has 10 nitrogen and oxygen atoms in total. The van der Waals surface area contributed by atoms with Gasteiger partial charge in [-0.15, -0.1) is 5.10 Å². The molecule has 1 aliphatic rings. The highest BCUT2D eigenvalue weighted by atomic mass is 35.5. The van der Waals surface area contributed by atoms with Gasteiger partial charge in [0.05, 0.1) is 11.8 Å². The number of carboxylic acids is 1. The number of nitrogens with zero attached hydrogens (tertiary/aromatic N) is 3. The van der Waals surface area contributed by atoms with Crippen molar-refractivity contribution in [2.75, 3.05) is 10.6 Å². The van der Waals surface area contributed by atoms with Gasteiger partial charge >= 0.3 is 12.1 Å². The van der Waals surface area contributed by atoms with E-state index in [0.717, 1.165) is 12.8 Å². The molecule has 3 atom stereocenters. The number of halogens is 1. The van der Waals surface area contributed by atoms with E-state index in [9.17, 15) is 19.5 Å². The number of rotatable bonds is 7. The topological polar surface area (TPSA) is 135 Å². The molecule has 4 rings (SSSR count). The lowest BCUT2D eigenvalue weighted by Crippen LogP contribution is -2.36. The fourth-order valence-corrected chi connectivity index (χ4v) is 4.82. The molecule has 0 spiro atoms. The Kier molecular flexibility index (Phi) is 8.08. The molecule has 1 fully saturated rings. The van der Waals surface area contributed by atoms with Gasteiger partial charge in [-0.05, 0) is 38.0 Å². The zero-order chi connectivity index (χ0) is 26.5. The Bertz CT molecular complexity index is 1290. The summed E-state index contributed by atoms with van der Waals surface area (Å²) < 4.78 is 6.91. The third kappa shape index (κ3) is 6.08. The quantitative estimate of drug-likeness (QED) is 0.382. The lowest BCUT2D eigenvalue weighted by molar-refractivity contribution is -0.147. The third-order valence-corrected chi connectivity index (χ3v) is 6.86. The number of aryl methyl sites for hydroxylation is 1. The summed E-state index contributed by atoms with van der Waals surface area (Å²) in [6.45, 7) is 1.72. The van der Waals surface area contributed by atoms with E-state index in [-0.39, 0.29) is 5.91 Å². The summed E-state index contributed by atoms with van der Waals surface area (Å²) in [7, 11) is 1.64. The Morgan fingerprint density at radius 2 is 1.73 bits per heavy atom. The van der Waals surface area contributed by atoms with Gasteiger partial charge in [0.25, 0.3) is 0 Å². The van der Waals surface area contributed by atoms with E-state index < -0.39 is 30.0 Å². The smallest absolute Gasteiger partial charge is 0.413 e. The third-order valence-electron chi connectivity index (χ3n) is 6.52. The summed E-state index contributed by atoms with van der Waals surface area (Å²) in [5, 5.41) is 23.6. The largest absolute Gasteiger partial charge is 0.481 e. The van der Waals surface area contributed by atoms with Gasteiger partial charge in [-0.2, -0.15) is 0 Å². The van der Waals surface area contributed by atoms with Crippen molar-refractivity contribution < 1.29 is 24.2 Å². The summed E-state index contributed by atoms with van der Waals surface area (Å²) in [5.74, 6) is -2.11. The van der Waals surface area contributed by atoms with Crippen LogP contribution in [0, 0.1) is 11.8 Å². The lowest BCUT2D eigenvalue weighted by Gasteiger charge is -2.27. The highest BCUT2D eigenvalue weighted by Gasteiger charge is 2.35. The molecule has 0 aliphatic heterocycles. The highest BCUT2D eigenvalue weighted by Crippen LogP contribution is 2.32. The molecule has 2 aromatic carbocycles. The van der Waals surface area contributed by atoms with Crippen molar-refractivity contribution in [1.82, 2.24) is 15.0 Å². The first-order valence-electron chi connectivity index (χ1n) is 12.0. The van der Waals surface area contributed by atoms with Crippen LogP contribution in [0.2, 0.25) is 5.02 Å². The molecule has 2 amide bonds. The van der Waals surface area contributed by atoms with Gasteiger partial charge < -0.3 is 15.2 Å². The number of nitrogens with one attached hydrogen (secondary N) is 2. The van der Waals surface area contributed by atoms with Crippen molar-refractivity contribution >= 4 is 41.1 Å². The van der Waals surface area contributed by atoms with Gasteiger partial charge in [-0.1, -0.05) is 60.0 Å². The molecule has 0 bridgehead atoms. The Hall–Kier alpha value is -3.92. The summed E-state index contributed by atoms with van der Waals surface area (Å²) in [4.78, 5) is 36.9. The highest BCUT2D eigenvalue weighted by molar-refractivity contribution is 6.31. The monoisotopic (exact) mass is 525 g/mol. The summed E-state index contributed by atoms with van der Waals surface area (Å²) in [5.41, 5.74) is 2.29. The van der Waals surface area contributed by atoms with Gasteiger partial charge in [0.15, 0.2) is 5.82 Å². The molecule has 11 heteroatoms. The van der Waals surface area contributed by atoms with E-state index in [2.05, 4.69) is 20.9 Å². The minimum Gasteiger partial charge on any atom is -0.481 e. The SMILES string of the molecule is CC(OC(=O)Nc1c(-c2ccc(NC(=O)[C@H]3CCCC[C@@H]3C(=O)O)cc2)nnn1C)c1ccccc1Cl. The number of amides is 2. The molecule has 0 saturated heterocycles. The van der Waals surface area contributed by atoms with Crippen LogP contribution in [0.25, 0.3) is 11.3 Å². The molecule has 1 aromatic heterocycles. The van der Waals surface area contributed by atoms with Crippen LogP contribution in [0.1, 0.15) is 44.3 Å². The molecule has 1 aliphatic carbocycles. The number of hydrogen-bond donors (Lipinski definition) is 3. The number of anilines is 2. The second-order valence-corrected chi connectivity index (χ2v) is 9.41. The number of carboxylic acid groups (broad SMARTS) is 1. The van der Waals surface area contributed by atoms with E-state index in [0.29, 0.717) is 46.2 Å². The molecular formula is C26H28ClN5O5. The summed E-state index contributed by atoms with van der Waals surface area (Å²) >= 11 is 6.20. The first kappa shape index (κ1) is 26.2. The van der Waals surface area contributed by atoms with E-state index in [4.69, 9.17) is 16.3 Å². The standard InChI is InChI=1S/C26H28ClN5O5/c1-15(18-7-5-6-10-21(18)27)37-26(36)29-23-22(30-31-32(23)2)16-11-13-17(14-12-16)28-24(33)19-8-3-4-9-20(19)25(34)35/h5-7,10-15,19-20H,3-4,8-9H2,1-2H3,(H,28,33)(H,29,36)(H,34,35)/t15?,19-,20-/m0/s1. The number of hydrogen-bond acceptors (Lipinski definition) is 6. The molecule has 194 valence electrons. The molecule has 37 heavy (non-hydrogen) atoms. The summed E-state index contributed by atoms with van der Waals surface area (Å²) in [6, 6.07) is 14.0. The van der Waals surface area contributed by atoms with Crippen molar-refractivity contribution in [1.29, 1.82) is 0 Å². The predicted molar refractivity (Wildman–Crippen MR) is 138 cm³/mol. The average molecular weight is 526 g/mol. The van der Waals surface area contributed by atoms with E-state index in [1.165, 1.54) is 4.68 Å². The van der Waals surface area contributed by atoms with Crippen LogP contribution in [0.15, 0.2) is 48.5 Å². The number of carbonyl (C=O) groups excluding carboxylic acids is 2. The predicted octanol–water partition coefficient (Wildman–Crippen LogP) is 5.27. The first-order chi connectivity index (χ1) is 17.7. The van der Waals surface area contributed by atoms with Crippen LogP contribution in [-0.2, 0) is 21.4 Å². The Morgan fingerprint density at radius 3 is 2.41 bits per heavy atom. The number of benzene rings is 2. The van der Waals surface area contributed by atoms with Crippen molar-refractivity contribution in [2.24, 2.45) is 18.9 Å². The maximum Gasteiger partial charge on any atom is 0.413 e. The fourth-order valence-electron chi connectivity index (χ4n) is 4.53. The Labute approximate surface area is 219 Å². The molecule has 1 unspecified atom stereocenters. The molecule has 3 aromatic rings. The van der Waals surface area contributed by atoms with Crippen LogP contribution in [0.4, 0.5) is 16.3 Å². The molecule has 1 heterocycles. The second-order valence-electron chi connectivity index (χ2n) is 9.01. The van der Waals surface area contributed by atoms with Crippen molar-refractivity contribution in [3.8, 4) is 11.3 Å². The van der Waals surface area contributed by atoms with Crippen LogP contribution in [-0.4, -0.2) is 38.1 Å². The number of aromatic nitrogens is 3. The van der Waals surface area contributed by atoms with Crippen molar-refractivity contribution in [2.45, 2.75) is 38.7 Å². The maximum absolute atomic E-state index is 12.8.